The molecule has 0 aliphatic heterocycles. The molecule has 0 radical (unpaired) electrons. The van der Waals surface area contributed by atoms with E-state index in [1.807, 2.05) is 47.6 Å². The Labute approximate surface area is 191 Å². The molecule has 0 heterocycles. The Bertz CT molecular complexity index is 559. The third-order valence-electron chi connectivity index (χ3n) is 5.28. The largest absolute Gasteiger partial charge is 0.324 e. The molecule has 3 nitrogen and oxygen atoms in total. The molecule has 1 aromatic carbocycles. The Hall–Kier alpha value is -0.970. The Kier molecular flexibility index (Phi) is 13.6. The molecule has 0 saturated heterocycles. The Morgan fingerprint density at radius 3 is 1.84 bits per heavy atom. The molecule has 0 fully saturated rings. The summed E-state index contributed by atoms with van der Waals surface area (Å²) in [5.74, 6) is -1.21. The number of aryl methyl sites for hydroxylation is 1. The van der Waals surface area contributed by atoms with Crippen molar-refractivity contribution in [2.24, 2.45) is 5.92 Å². The lowest BCUT2D eigenvalue weighted by Crippen LogP contribution is -2.51. The summed E-state index contributed by atoms with van der Waals surface area (Å²) >= 11 is 0. The highest BCUT2D eigenvalue weighted by Crippen LogP contribution is 2.37. The monoisotopic (exact) mass is 438 g/mol. The van der Waals surface area contributed by atoms with E-state index >= 15 is 0 Å². The fraction of sp³-hybridized carbons (Fsp3) is 0.778. The zero-order valence-corrected chi connectivity index (χ0v) is 21.1. The Balaban J connectivity index is 3.05. The SMILES string of the molecule is CCCCCCCCC(CCc1cccc(F)c1)C(OC(C)C)(OC(C)C)OC(C)C. The molecule has 0 bridgehead atoms. The van der Waals surface area contributed by atoms with Gasteiger partial charge in [-0.25, -0.2) is 4.39 Å². The van der Waals surface area contributed by atoms with Gasteiger partial charge in [0.05, 0.1) is 18.3 Å². The van der Waals surface area contributed by atoms with Gasteiger partial charge in [0.1, 0.15) is 5.82 Å². The average molecular weight is 439 g/mol. The predicted molar refractivity (Wildman–Crippen MR) is 128 cm³/mol. The normalized spacial score (nSPS) is 13.5. The van der Waals surface area contributed by atoms with Crippen molar-refractivity contribution in [2.75, 3.05) is 0 Å². The zero-order chi connectivity index (χ0) is 23.3. The van der Waals surface area contributed by atoms with Crippen LogP contribution in [0, 0.1) is 11.7 Å². The van der Waals surface area contributed by atoms with E-state index in [0.29, 0.717) is 0 Å². The summed E-state index contributed by atoms with van der Waals surface area (Å²) in [4.78, 5) is 0. The van der Waals surface area contributed by atoms with Gasteiger partial charge in [-0.3, -0.25) is 0 Å². The van der Waals surface area contributed by atoms with Crippen LogP contribution in [0.5, 0.6) is 0 Å². The summed E-state index contributed by atoms with van der Waals surface area (Å²) in [6, 6.07) is 6.88. The number of hydrogen-bond acceptors (Lipinski definition) is 3. The summed E-state index contributed by atoms with van der Waals surface area (Å²) < 4.78 is 33.0. The van der Waals surface area contributed by atoms with Crippen molar-refractivity contribution >= 4 is 0 Å². The van der Waals surface area contributed by atoms with Crippen LogP contribution in [0.15, 0.2) is 24.3 Å². The van der Waals surface area contributed by atoms with Gasteiger partial charge in [-0.1, -0.05) is 57.6 Å². The van der Waals surface area contributed by atoms with Crippen molar-refractivity contribution in [1.82, 2.24) is 0 Å². The molecule has 1 atom stereocenters. The van der Waals surface area contributed by atoms with E-state index in [9.17, 15) is 4.39 Å². The minimum atomic E-state index is -1.09. The molecule has 1 rings (SSSR count). The van der Waals surface area contributed by atoms with E-state index in [1.54, 1.807) is 12.1 Å². The van der Waals surface area contributed by atoms with E-state index in [2.05, 4.69) is 6.92 Å². The van der Waals surface area contributed by atoms with Gasteiger partial charge in [0.15, 0.2) is 0 Å². The lowest BCUT2D eigenvalue weighted by Gasteiger charge is -2.43. The summed E-state index contributed by atoms with van der Waals surface area (Å²) in [5, 5.41) is 0. The molecule has 0 amide bonds. The van der Waals surface area contributed by atoms with Gasteiger partial charge < -0.3 is 14.2 Å². The summed E-state index contributed by atoms with van der Waals surface area (Å²) in [5.41, 5.74) is 1.00. The molecule has 1 aromatic rings. The number of rotatable bonds is 17. The van der Waals surface area contributed by atoms with Gasteiger partial charge in [0.25, 0.3) is 5.97 Å². The van der Waals surface area contributed by atoms with E-state index in [4.69, 9.17) is 14.2 Å². The molecule has 0 N–H and O–H groups in total. The molecular formula is C27H47FO3. The van der Waals surface area contributed by atoms with Crippen LogP contribution >= 0.6 is 0 Å². The highest BCUT2D eigenvalue weighted by Gasteiger charge is 2.44. The number of ether oxygens (including phenoxy) is 3. The Morgan fingerprint density at radius 2 is 1.32 bits per heavy atom. The molecule has 0 saturated carbocycles. The number of hydrogen-bond donors (Lipinski definition) is 0. The lowest BCUT2D eigenvalue weighted by molar-refractivity contribution is -0.433. The molecule has 4 heteroatoms. The molecule has 31 heavy (non-hydrogen) atoms. The molecular weight excluding hydrogens is 391 g/mol. The van der Waals surface area contributed by atoms with Crippen molar-refractivity contribution in [2.45, 2.75) is 131 Å². The van der Waals surface area contributed by atoms with Gasteiger partial charge >= 0.3 is 0 Å². The van der Waals surface area contributed by atoms with Gasteiger partial charge in [0.2, 0.25) is 0 Å². The van der Waals surface area contributed by atoms with Gasteiger partial charge in [-0.05, 0) is 78.5 Å². The van der Waals surface area contributed by atoms with Crippen LogP contribution in [0.4, 0.5) is 4.39 Å². The summed E-state index contributed by atoms with van der Waals surface area (Å²) in [6.07, 6.45) is 9.91. The standard InChI is InChI=1S/C27H47FO3/c1-8-9-10-11-12-13-16-25(19-18-24-15-14-17-26(28)20-24)27(29-21(2)3,30-22(4)5)31-23(6)7/h14-15,17,20-23,25H,8-13,16,18-19H2,1-7H3. The zero-order valence-electron chi connectivity index (χ0n) is 21.1. The molecule has 180 valence electrons. The first-order valence-corrected chi connectivity index (χ1v) is 12.5. The molecule has 1 unspecified atom stereocenters. The van der Waals surface area contributed by atoms with Crippen molar-refractivity contribution in [3.63, 3.8) is 0 Å². The number of benzene rings is 1. The van der Waals surface area contributed by atoms with Crippen LogP contribution in [0.2, 0.25) is 0 Å². The van der Waals surface area contributed by atoms with Crippen molar-refractivity contribution in [3.8, 4) is 0 Å². The van der Waals surface area contributed by atoms with E-state index in [1.165, 1.54) is 38.2 Å². The topological polar surface area (TPSA) is 27.7 Å². The fourth-order valence-electron chi connectivity index (χ4n) is 4.06. The second-order valence-electron chi connectivity index (χ2n) is 9.53. The second kappa shape index (κ2) is 15.0. The van der Waals surface area contributed by atoms with Crippen LogP contribution in [-0.2, 0) is 20.6 Å². The van der Waals surface area contributed by atoms with Crippen LogP contribution in [0.25, 0.3) is 0 Å². The van der Waals surface area contributed by atoms with Crippen LogP contribution < -0.4 is 0 Å². The van der Waals surface area contributed by atoms with Crippen LogP contribution in [-0.4, -0.2) is 24.3 Å². The molecule has 0 aliphatic carbocycles. The first-order chi connectivity index (χ1) is 14.7. The minimum absolute atomic E-state index is 0.0290. The second-order valence-corrected chi connectivity index (χ2v) is 9.53. The first kappa shape index (κ1) is 28.1. The highest BCUT2D eigenvalue weighted by atomic mass is 19.1. The quantitative estimate of drug-likeness (QED) is 0.182. The number of halogens is 1. The average Bonchev–Trinajstić information content (AvgIpc) is 2.65. The molecule has 0 aliphatic rings. The Morgan fingerprint density at radius 1 is 0.774 bits per heavy atom. The smallest absolute Gasteiger partial charge is 0.286 e. The number of unbranched alkanes of at least 4 members (excludes halogenated alkanes) is 5. The molecule has 0 aromatic heterocycles. The third-order valence-corrected chi connectivity index (χ3v) is 5.28. The third kappa shape index (κ3) is 11.5. The minimum Gasteiger partial charge on any atom is -0.324 e. The maximum absolute atomic E-state index is 13.7. The molecule has 0 spiro atoms. The maximum Gasteiger partial charge on any atom is 0.286 e. The maximum atomic E-state index is 13.7. The first-order valence-electron chi connectivity index (χ1n) is 12.5. The fourth-order valence-corrected chi connectivity index (χ4v) is 4.06. The van der Waals surface area contributed by atoms with Crippen LogP contribution in [0.1, 0.15) is 105 Å². The van der Waals surface area contributed by atoms with Crippen molar-refractivity contribution in [3.05, 3.63) is 35.6 Å². The summed E-state index contributed by atoms with van der Waals surface area (Å²) in [6.45, 7) is 14.4. The van der Waals surface area contributed by atoms with Crippen LogP contribution in [0.3, 0.4) is 0 Å². The van der Waals surface area contributed by atoms with Crippen molar-refractivity contribution in [1.29, 1.82) is 0 Å². The van der Waals surface area contributed by atoms with E-state index < -0.39 is 5.97 Å². The summed E-state index contributed by atoms with van der Waals surface area (Å²) in [7, 11) is 0. The van der Waals surface area contributed by atoms with Gasteiger partial charge in [-0.15, -0.1) is 0 Å². The van der Waals surface area contributed by atoms with Gasteiger partial charge in [0, 0.05) is 5.92 Å². The van der Waals surface area contributed by atoms with Crippen molar-refractivity contribution < 1.29 is 18.6 Å². The van der Waals surface area contributed by atoms with E-state index in [0.717, 1.165) is 31.2 Å². The lowest BCUT2D eigenvalue weighted by atomic mass is 9.90. The van der Waals surface area contributed by atoms with E-state index in [-0.39, 0.29) is 30.0 Å². The van der Waals surface area contributed by atoms with Gasteiger partial charge in [-0.2, -0.15) is 0 Å². The predicted octanol–water partition coefficient (Wildman–Crippen LogP) is 8.05. The highest BCUT2D eigenvalue weighted by molar-refractivity contribution is 5.16.